The Morgan fingerprint density at radius 3 is 2.50 bits per heavy atom. The molecule has 1 atom stereocenters. The number of carbonyl (C=O) groups excluding carboxylic acids is 1. The Balaban J connectivity index is 1.84. The number of carbonyl (C=O) groups is 1. The Morgan fingerprint density at radius 2 is 1.83 bits per heavy atom. The van der Waals surface area contributed by atoms with Gasteiger partial charge in [-0.1, -0.05) is 11.6 Å². The highest BCUT2D eigenvalue weighted by Crippen LogP contribution is 2.28. The molecule has 128 valence electrons. The number of ether oxygens (including phenoxy) is 1. The highest BCUT2D eigenvalue weighted by molar-refractivity contribution is 6.30. The molecular formula is C18H20ClNO4. The van der Waals surface area contributed by atoms with Gasteiger partial charge in [0.25, 0.3) is 5.91 Å². The first kappa shape index (κ1) is 17.9. The van der Waals surface area contributed by atoms with Gasteiger partial charge in [-0.15, -0.1) is 0 Å². The van der Waals surface area contributed by atoms with Crippen LogP contribution in [0.2, 0.25) is 5.02 Å². The van der Waals surface area contributed by atoms with Crippen LogP contribution in [0.25, 0.3) is 0 Å². The normalized spacial score (nSPS) is 11.8. The number of rotatable bonds is 6. The zero-order chi connectivity index (χ0) is 17.7. The number of halogens is 1. The van der Waals surface area contributed by atoms with Crippen LogP contribution in [0.4, 0.5) is 0 Å². The largest absolute Gasteiger partial charge is 0.504 e. The number of phenols is 2. The number of phenolic OH excluding ortho intramolecular Hbond substituents is 2. The van der Waals surface area contributed by atoms with E-state index in [2.05, 4.69) is 5.32 Å². The van der Waals surface area contributed by atoms with Gasteiger partial charge in [0.15, 0.2) is 17.6 Å². The maximum atomic E-state index is 12.1. The van der Waals surface area contributed by atoms with Crippen LogP contribution in [0.5, 0.6) is 17.2 Å². The van der Waals surface area contributed by atoms with Gasteiger partial charge in [-0.25, -0.2) is 0 Å². The Labute approximate surface area is 145 Å². The Hall–Kier alpha value is -2.40. The zero-order valence-corrected chi connectivity index (χ0v) is 14.3. The third-order valence-corrected chi connectivity index (χ3v) is 3.87. The van der Waals surface area contributed by atoms with E-state index in [1.807, 2.05) is 6.92 Å². The van der Waals surface area contributed by atoms with Crippen molar-refractivity contribution in [3.8, 4) is 17.2 Å². The van der Waals surface area contributed by atoms with Gasteiger partial charge in [-0.3, -0.25) is 4.79 Å². The molecule has 24 heavy (non-hydrogen) atoms. The van der Waals surface area contributed by atoms with Gasteiger partial charge < -0.3 is 20.3 Å². The standard InChI is InChI=1S/C18H20ClNO4/c1-11-9-16(21)17(22)10-13(11)7-8-20-18(23)12(2)24-15-5-3-14(19)4-6-15/h3-6,9-10,12,21-22H,7-8H2,1-2H3,(H,20,23). The predicted molar refractivity (Wildman–Crippen MR) is 92.8 cm³/mol. The summed E-state index contributed by atoms with van der Waals surface area (Å²) in [5.41, 5.74) is 1.71. The molecule has 0 aliphatic carbocycles. The number of hydrogen-bond acceptors (Lipinski definition) is 4. The average molecular weight is 350 g/mol. The molecule has 0 radical (unpaired) electrons. The van der Waals surface area contributed by atoms with E-state index in [9.17, 15) is 15.0 Å². The fourth-order valence-electron chi connectivity index (χ4n) is 2.23. The van der Waals surface area contributed by atoms with Crippen LogP contribution in [-0.4, -0.2) is 28.8 Å². The van der Waals surface area contributed by atoms with E-state index in [1.54, 1.807) is 31.2 Å². The van der Waals surface area contributed by atoms with Crippen LogP contribution in [0.15, 0.2) is 36.4 Å². The van der Waals surface area contributed by atoms with Crippen molar-refractivity contribution < 1.29 is 19.7 Å². The third-order valence-electron chi connectivity index (χ3n) is 3.62. The van der Waals surface area contributed by atoms with Crippen molar-refractivity contribution in [2.45, 2.75) is 26.4 Å². The molecule has 1 unspecified atom stereocenters. The van der Waals surface area contributed by atoms with Gasteiger partial charge in [0.1, 0.15) is 5.75 Å². The van der Waals surface area contributed by atoms with Crippen molar-refractivity contribution in [1.82, 2.24) is 5.32 Å². The molecule has 0 fully saturated rings. The van der Waals surface area contributed by atoms with Gasteiger partial charge in [0, 0.05) is 11.6 Å². The van der Waals surface area contributed by atoms with E-state index in [0.29, 0.717) is 23.7 Å². The van der Waals surface area contributed by atoms with Gasteiger partial charge in [0.05, 0.1) is 0 Å². The first-order valence-electron chi connectivity index (χ1n) is 7.58. The lowest BCUT2D eigenvalue weighted by atomic mass is 10.0. The summed E-state index contributed by atoms with van der Waals surface area (Å²) < 4.78 is 5.55. The number of aryl methyl sites for hydroxylation is 1. The van der Waals surface area contributed by atoms with Gasteiger partial charge in [0.2, 0.25) is 0 Å². The molecule has 3 N–H and O–H groups in total. The molecule has 5 nitrogen and oxygen atoms in total. The van der Waals surface area contributed by atoms with Crippen molar-refractivity contribution in [3.05, 3.63) is 52.5 Å². The SMILES string of the molecule is Cc1cc(O)c(O)cc1CCNC(=O)C(C)Oc1ccc(Cl)cc1. The summed E-state index contributed by atoms with van der Waals surface area (Å²) in [5.74, 6) is 0.0265. The topological polar surface area (TPSA) is 78.8 Å². The molecule has 0 spiro atoms. The molecule has 2 aromatic rings. The van der Waals surface area contributed by atoms with E-state index in [1.165, 1.54) is 12.1 Å². The molecule has 0 bridgehead atoms. The molecule has 0 aromatic heterocycles. The number of amides is 1. The first-order chi connectivity index (χ1) is 11.4. The summed E-state index contributed by atoms with van der Waals surface area (Å²) in [5, 5.41) is 22.4. The zero-order valence-electron chi connectivity index (χ0n) is 13.5. The lowest BCUT2D eigenvalue weighted by molar-refractivity contribution is -0.127. The third kappa shape index (κ3) is 4.80. The number of benzene rings is 2. The van der Waals surface area contributed by atoms with Gasteiger partial charge in [-0.2, -0.15) is 0 Å². The van der Waals surface area contributed by atoms with Crippen LogP contribution >= 0.6 is 11.6 Å². The molecule has 0 saturated carbocycles. The maximum absolute atomic E-state index is 12.1. The van der Waals surface area contributed by atoms with E-state index in [0.717, 1.165) is 11.1 Å². The average Bonchev–Trinajstić information content (AvgIpc) is 2.54. The monoisotopic (exact) mass is 349 g/mol. The highest BCUT2D eigenvalue weighted by Gasteiger charge is 2.14. The quantitative estimate of drug-likeness (QED) is 0.700. The van der Waals surface area contributed by atoms with Gasteiger partial charge in [-0.05, 0) is 67.8 Å². The minimum Gasteiger partial charge on any atom is -0.504 e. The smallest absolute Gasteiger partial charge is 0.260 e. The van der Waals surface area contributed by atoms with Crippen LogP contribution in [0.1, 0.15) is 18.1 Å². The van der Waals surface area contributed by atoms with E-state index in [4.69, 9.17) is 16.3 Å². The Kier molecular flexibility index (Phi) is 5.93. The minimum absolute atomic E-state index is 0.148. The first-order valence-corrected chi connectivity index (χ1v) is 7.96. The van der Waals surface area contributed by atoms with Crippen LogP contribution in [0, 0.1) is 6.92 Å². The Morgan fingerprint density at radius 1 is 1.21 bits per heavy atom. The lowest BCUT2D eigenvalue weighted by Gasteiger charge is -2.15. The molecule has 1 amide bonds. The summed E-state index contributed by atoms with van der Waals surface area (Å²) in [6.45, 7) is 3.91. The van der Waals surface area contributed by atoms with E-state index < -0.39 is 6.10 Å². The minimum atomic E-state index is -0.638. The van der Waals surface area contributed by atoms with Crippen LogP contribution < -0.4 is 10.1 Å². The van der Waals surface area contributed by atoms with Crippen LogP contribution in [-0.2, 0) is 11.2 Å². The second-order valence-corrected chi connectivity index (χ2v) is 5.96. The van der Waals surface area contributed by atoms with Crippen molar-refractivity contribution in [2.75, 3.05) is 6.54 Å². The second kappa shape index (κ2) is 7.93. The second-order valence-electron chi connectivity index (χ2n) is 5.52. The van der Waals surface area contributed by atoms with E-state index >= 15 is 0 Å². The van der Waals surface area contributed by atoms with Crippen molar-refractivity contribution in [2.24, 2.45) is 0 Å². The summed E-state index contributed by atoms with van der Waals surface area (Å²) in [6.07, 6.45) is -0.0977. The molecule has 2 rings (SSSR count). The number of nitrogens with one attached hydrogen (secondary N) is 1. The van der Waals surface area contributed by atoms with Gasteiger partial charge >= 0.3 is 0 Å². The predicted octanol–water partition coefficient (Wildman–Crippen LogP) is 3.19. The fraction of sp³-hybridized carbons (Fsp3) is 0.278. The molecule has 0 heterocycles. The van der Waals surface area contributed by atoms with Crippen molar-refractivity contribution >= 4 is 17.5 Å². The Bertz CT molecular complexity index is 716. The number of aromatic hydroxyl groups is 2. The molecule has 0 aliphatic heterocycles. The molecule has 0 aliphatic rings. The summed E-state index contributed by atoms with van der Waals surface area (Å²) >= 11 is 5.80. The molecule has 6 heteroatoms. The molecular weight excluding hydrogens is 330 g/mol. The van der Waals surface area contributed by atoms with E-state index in [-0.39, 0.29) is 17.4 Å². The highest BCUT2D eigenvalue weighted by atomic mass is 35.5. The lowest BCUT2D eigenvalue weighted by Crippen LogP contribution is -2.37. The maximum Gasteiger partial charge on any atom is 0.260 e. The molecule has 0 saturated heterocycles. The number of hydrogen-bond donors (Lipinski definition) is 3. The van der Waals surface area contributed by atoms with Crippen molar-refractivity contribution in [1.29, 1.82) is 0 Å². The summed E-state index contributed by atoms with van der Waals surface area (Å²) in [4.78, 5) is 12.1. The fourth-order valence-corrected chi connectivity index (χ4v) is 2.35. The summed E-state index contributed by atoms with van der Waals surface area (Å²) in [7, 11) is 0. The molecule has 2 aromatic carbocycles. The van der Waals surface area contributed by atoms with Crippen LogP contribution in [0.3, 0.4) is 0 Å². The summed E-state index contributed by atoms with van der Waals surface area (Å²) in [6, 6.07) is 9.80. The van der Waals surface area contributed by atoms with Crippen molar-refractivity contribution in [3.63, 3.8) is 0 Å².